The van der Waals surface area contributed by atoms with Gasteiger partial charge in [-0.1, -0.05) is 12.1 Å². The molecule has 0 amide bonds. The summed E-state index contributed by atoms with van der Waals surface area (Å²) in [7, 11) is 1.73. The number of hydrogen-bond acceptors (Lipinski definition) is 5. The van der Waals surface area contributed by atoms with E-state index in [1.54, 1.807) is 7.11 Å². The number of aryl methyl sites for hydroxylation is 1. The van der Waals surface area contributed by atoms with Crippen molar-refractivity contribution < 1.29 is 9.47 Å². The standard InChI is InChI=1S/C23H34N4O2/c1-28-22-8-2-5-19(15-22)6-3-9-26-10-4-7-20(17-26)23-21(16-24-25-23)18-27-11-13-29-14-12-27/h2,5,8,15-16,20H,3-4,6-7,9-14,17-18H2,1H3,(H,24,25). The highest BCUT2D eigenvalue weighted by molar-refractivity contribution is 5.28. The smallest absolute Gasteiger partial charge is 0.119 e. The Bertz CT molecular complexity index is 757. The third kappa shape index (κ3) is 5.59. The van der Waals surface area contributed by atoms with Crippen LogP contribution in [0.3, 0.4) is 0 Å². The maximum absolute atomic E-state index is 5.48. The summed E-state index contributed by atoms with van der Waals surface area (Å²) in [5.41, 5.74) is 4.09. The third-order valence-corrected chi connectivity index (χ3v) is 6.24. The second-order valence-electron chi connectivity index (χ2n) is 8.29. The van der Waals surface area contributed by atoms with Gasteiger partial charge in [0.05, 0.1) is 26.5 Å². The molecule has 1 aromatic carbocycles. The molecule has 0 radical (unpaired) electrons. The summed E-state index contributed by atoms with van der Waals surface area (Å²) in [6.45, 7) is 8.22. The summed E-state index contributed by atoms with van der Waals surface area (Å²) in [5, 5.41) is 7.72. The number of rotatable bonds is 8. The first-order valence-corrected chi connectivity index (χ1v) is 11.0. The lowest BCUT2D eigenvalue weighted by Crippen LogP contribution is -2.37. The molecule has 0 saturated carbocycles. The van der Waals surface area contributed by atoms with Gasteiger partial charge in [0, 0.05) is 43.4 Å². The van der Waals surface area contributed by atoms with Crippen LogP contribution in [0.15, 0.2) is 30.5 Å². The highest BCUT2D eigenvalue weighted by Crippen LogP contribution is 2.28. The second-order valence-corrected chi connectivity index (χ2v) is 8.29. The van der Waals surface area contributed by atoms with Gasteiger partial charge in [0.15, 0.2) is 0 Å². The zero-order valence-corrected chi connectivity index (χ0v) is 17.6. The molecule has 6 nitrogen and oxygen atoms in total. The molecule has 2 aliphatic heterocycles. The molecule has 158 valence electrons. The number of ether oxygens (including phenoxy) is 2. The fraction of sp³-hybridized carbons (Fsp3) is 0.609. The number of morpholine rings is 1. The molecule has 0 spiro atoms. The van der Waals surface area contributed by atoms with Crippen LogP contribution in [0.4, 0.5) is 0 Å². The average molecular weight is 399 g/mol. The number of H-pyrrole nitrogens is 1. The van der Waals surface area contributed by atoms with E-state index in [9.17, 15) is 0 Å². The maximum Gasteiger partial charge on any atom is 0.119 e. The van der Waals surface area contributed by atoms with Crippen molar-refractivity contribution in [2.24, 2.45) is 0 Å². The van der Waals surface area contributed by atoms with E-state index in [0.717, 1.165) is 58.1 Å². The highest BCUT2D eigenvalue weighted by Gasteiger charge is 2.25. The van der Waals surface area contributed by atoms with Crippen molar-refractivity contribution in [2.45, 2.75) is 38.1 Å². The minimum atomic E-state index is 0.569. The fourth-order valence-corrected chi connectivity index (χ4v) is 4.63. The SMILES string of the molecule is COc1cccc(CCCN2CCCC(c3[nH]ncc3CN3CCOCC3)C2)c1. The molecule has 2 fully saturated rings. The lowest BCUT2D eigenvalue weighted by Gasteiger charge is -2.33. The first kappa shape index (κ1) is 20.4. The molecule has 3 heterocycles. The number of hydrogen-bond donors (Lipinski definition) is 1. The summed E-state index contributed by atoms with van der Waals surface area (Å²) in [4.78, 5) is 5.11. The number of nitrogens with one attached hydrogen (secondary N) is 1. The number of likely N-dealkylation sites (tertiary alicyclic amines) is 1. The normalized spacial score (nSPS) is 21.3. The Morgan fingerprint density at radius 3 is 2.97 bits per heavy atom. The molecule has 2 aliphatic rings. The van der Waals surface area contributed by atoms with Crippen molar-refractivity contribution in [3.8, 4) is 5.75 Å². The van der Waals surface area contributed by atoms with Gasteiger partial charge in [0.1, 0.15) is 5.75 Å². The molecule has 2 aromatic rings. The Labute approximate surface area is 174 Å². The van der Waals surface area contributed by atoms with Gasteiger partial charge < -0.3 is 14.4 Å². The van der Waals surface area contributed by atoms with Gasteiger partial charge in [-0.05, 0) is 56.5 Å². The minimum Gasteiger partial charge on any atom is -0.497 e. The van der Waals surface area contributed by atoms with Gasteiger partial charge in [-0.25, -0.2) is 0 Å². The molecule has 6 heteroatoms. The number of aromatic amines is 1. The van der Waals surface area contributed by atoms with Crippen LogP contribution in [-0.4, -0.2) is 73.0 Å². The van der Waals surface area contributed by atoms with Crippen molar-refractivity contribution in [1.29, 1.82) is 0 Å². The van der Waals surface area contributed by atoms with Crippen LogP contribution in [-0.2, 0) is 17.7 Å². The highest BCUT2D eigenvalue weighted by atomic mass is 16.5. The van der Waals surface area contributed by atoms with E-state index in [1.165, 1.54) is 42.6 Å². The maximum atomic E-state index is 5.48. The number of methoxy groups -OCH3 is 1. The third-order valence-electron chi connectivity index (χ3n) is 6.24. The Balaban J connectivity index is 1.29. The van der Waals surface area contributed by atoms with Crippen LogP contribution >= 0.6 is 0 Å². The molecular formula is C23H34N4O2. The molecule has 2 saturated heterocycles. The van der Waals surface area contributed by atoms with Gasteiger partial charge in [-0.3, -0.25) is 10.00 Å². The Morgan fingerprint density at radius 2 is 2.10 bits per heavy atom. The lowest BCUT2D eigenvalue weighted by atomic mass is 9.92. The first-order chi connectivity index (χ1) is 14.3. The number of benzene rings is 1. The van der Waals surface area contributed by atoms with Crippen LogP contribution < -0.4 is 4.74 Å². The van der Waals surface area contributed by atoms with Crippen LogP contribution in [0.25, 0.3) is 0 Å². The van der Waals surface area contributed by atoms with Crippen LogP contribution in [0.5, 0.6) is 5.75 Å². The van der Waals surface area contributed by atoms with Crippen LogP contribution in [0, 0.1) is 0 Å². The predicted octanol–water partition coefficient (Wildman–Crippen LogP) is 3.06. The first-order valence-electron chi connectivity index (χ1n) is 11.0. The molecule has 1 atom stereocenters. The monoisotopic (exact) mass is 398 g/mol. The summed E-state index contributed by atoms with van der Waals surface area (Å²) < 4.78 is 10.8. The van der Waals surface area contributed by atoms with Crippen molar-refractivity contribution in [3.63, 3.8) is 0 Å². The zero-order chi connectivity index (χ0) is 19.9. The predicted molar refractivity (Wildman–Crippen MR) is 114 cm³/mol. The quantitative estimate of drug-likeness (QED) is 0.741. The largest absolute Gasteiger partial charge is 0.497 e. The lowest BCUT2D eigenvalue weighted by molar-refractivity contribution is 0.0340. The van der Waals surface area contributed by atoms with E-state index >= 15 is 0 Å². The van der Waals surface area contributed by atoms with Gasteiger partial charge >= 0.3 is 0 Å². The topological polar surface area (TPSA) is 53.6 Å². The van der Waals surface area contributed by atoms with Crippen LogP contribution in [0.2, 0.25) is 0 Å². The molecule has 1 N–H and O–H groups in total. The van der Waals surface area contributed by atoms with Crippen LogP contribution in [0.1, 0.15) is 42.0 Å². The van der Waals surface area contributed by atoms with Gasteiger partial charge in [0.2, 0.25) is 0 Å². The molecule has 1 unspecified atom stereocenters. The molecule has 29 heavy (non-hydrogen) atoms. The Morgan fingerprint density at radius 1 is 1.21 bits per heavy atom. The van der Waals surface area contributed by atoms with E-state index in [0.29, 0.717) is 5.92 Å². The summed E-state index contributed by atoms with van der Waals surface area (Å²) in [6.07, 6.45) is 6.84. The summed E-state index contributed by atoms with van der Waals surface area (Å²) >= 11 is 0. The fourth-order valence-electron chi connectivity index (χ4n) is 4.63. The summed E-state index contributed by atoms with van der Waals surface area (Å²) in [6, 6.07) is 8.45. The molecular weight excluding hydrogens is 364 g/mol. The van der Waals surface area contributed by atoms with E-state index in [1.807, 2.05) is 12.3 Å². The summed E-state index contributed by atoms with van der Waals surface area (Å²) in [5.74, 6) is 1.52. The molecule has 0 bridgehead atoms. The minimum absolute atomic E-state index is 0.569. The second kappa shape index (κ2) is 10.2. The van der Waals surface area contributed by atoms with Crippen molar-refractivity contribution in [3.05, 3.63) is 47.3 Å². The average Bonchev–Trinajstić information content (AvgIpc) is 3.23. The van der Waals surface area contributed by atoms with E-state index in [4.69, 9.17) is 9.47 Å². The van der Waals surface area contributed by atoms with E-state index in [-0.39, 0.29) is 0 Å². The Kier molecular flexibility index (Phi) is 7.19. The molecule has 4 rings (SSSR count). The van der Waals surface area contributed by atoms with Crippen molar-refractivity contribution >= 4 is 0 Å². The van der Waals surface area contributed by atoms with Crippen molar-refractivity contribution in [1.82, 2.24) is 20.0 Å². The van der Waals surface area contributed by atoms with E-state index < -0.39 is 0 Å². The molecule has 0 aliphatic carbocycles. The van der Waals surface area contributed by atoms with Gasteiger partial charge in [0.25, 0.3) is 0 Å². The number of nitrogens with zero attached hydrogens (tertiary/aromatic N) is 3. The zero-order valence-electron chi connectivity index (χ0n) is 17.6. The van der Waals surface area contributed by atoms with Gasteiger partial charge in [-0.15, -0.1) is 0 Å². The van der Waals surface area contributed by atoms with E-state index in [2.05, 4.69) is 38.2 Å². The Hall–Kier alpha value is -1.89. The number of piperidine rings is 1. The number of aromatic nitrogens is 2. The van der Waals surface area contributed by atoms with Crippen molar-refractivity contribution in [2.75, 3.05) is 53.0 Å². The molecule has 1 aromatic heterocycles. The van der Waals surface area contributed by atoms with Gasteiger partial charge in [-0.2, -0.15) is 5.10 Å².